The van der Waals surface area contributed by atoms with Crippen LogP contribution in [-0.4, -0.2) is 10.8 Å². The van der Waals surface area contributed by atoms with E-state index in [4.69, 9.17) is 4.99 Å². The second-order valence-electron chi connectivity index (χ2n) is 10.8. The van der Waals surface area contributed by atoms with E-state index in [-0.39, 0.29) is 0 Å². The van der Waals surface area contributed by atoms with E-state index < -0.39 is 0 Å². The predicted octanol–water partition coefficient (Wildman–Crippen LogP) is 10.4. The molecule has 2 nitrogen and oxygen atoms in total. The number of fused-ring (bicyclic) bond motifs is 6. The van der Waals surface area contributed by atoms with Gasteiger partial charge in [-0.3, -0.25) is 4.99 Å². The van der Waals surface area contributed by atoms with Crippen molar-refractivity contribution in [2.24, 2.45) is 4.99 Å². The lowest BCUT2D eigenvalue weighted by molar-refractivity contribution is 1.08. The van der Waals surface area contributed by atoms with E-state index in [1.54, 1.807) is 0 Å². The second kappa shape index (κ2) is 10.2. The molecule has 1 aromatic heterocycles. The lowest BCUT2D eigenvalue weighted by Crippen LogP contribution is -1.95. The average Bonchev–Trinajstić information content (AvgIpc) is 3.40. The van der Waals surface area contributed by atoms with Gasteiger partial charge < -0.3 is 4.57 Å². The molecule has 0 N–H and O–H groups in total. The third-order valence-electron chi connectivity index (χ3n) is 8.26. The Balaban J connectivity index is 1.25. The number of rotatable bonds is 5. The Morgan fingerprint density at radius 3 is 2.00 bits per heavy atom. The van der Waals surface area contributed by atoms with Crippen molar-refractivity contribution in [2.75, 3.05) is 0 Å². The molecule has 0 amide bonds. The summed E-state index contributed by atoms with van der Waals surface area (Å²) < 4.78 is 2.39. The van der Waals surface area contributed by atoms with Crippen LogP contribution >= 0.6 is 0 Å². The van der Waals surface area contributed by atoms with Gasteiger partial charge in [-0.05, 0) is 74.6 Å². The van der Waals surface area contributed by atoms with Crippen LogP contribution < -0.4 is 0 Å². The van der Waals surface area contributed by atoms with Gasteiger partial charge in [0.25, 0.3) is 0 Å². The molecule has 0 fully saturated rings. The first-order valence-electron chi connectivity index (χ1n) is 14.4. The maximum atomic E-state index is 4.83. The number of para-hydroxylation sites is 1. The van der Waals surface area contributed by atoms with Crippen LogP contribution in [-0.2, 0) is 6.54 Å². The highest BCUT2D eigenvalue weighted by atomic mass is 15.0. The molecule has 0 radical (unpaired) electrons. The van der Waals surface area contributed by atoms with Crippen molar-refractivity contribution in [3.63, 3.8) is 0 Å². The summed E-state index contributed by atoms with van der Waals surface area (Å²) >= 11 is 0. The molecule has 0 bridgehead atoms. The molecule has 0 aliphatic rings. The van der Waals surface area contributed by atoms with Crippen molar-refractivity contribution in [3.05, 3.63) is 163 Å². The SMILES string of the molecule is C(=NCc1ccccc1)c1cc2ccccc2cc1-c1ccc(-n2c3ccccc3c3c4ccccc4ccc32)cc1. The summed E-state index contributed by atoms with van der Waals surface area (Å²) in [5, 5.41) is 7.58. The van der Waals surface area contributed by atoms with E-state index in [2.05, 4.69) is 150 Å². The minimum atomic E-state index is 0.661. The molecule has 0 spiro atoms. The Bertz CT molecular complexity index is 2250. The molecule has 0 aliphatic heterocycles. The summed E-state index contributed by atoms with van der Waals surface area (Å²) in [5.41, 5.74) is 8.29. The van der Waals surface area contributed by atoms with E-state index in [1.807, 2.05) is 12.3 Å². The Hall–Kier alpha value is -5.47. The van der Waals surface area contributed by atoms with Crippen LogP contribution in [0.15, 0.2) is 157 Å². The van der Waals surface area contributed by atoms with E-state index in [0.29, 0.717) is 6.54 Å². The molecular formula is C40H28N2. The first kappa shape index (κ1) is 24.3. The van der Waals surface area contributed by atoms with Gasteiger partial charge in [0.2, 0.25) is 0 Å². The van der Waals surface area contributed by atoms with Gasteiger partial charge in [-0.25, -0.2) is 0 Å². The first-order chi connectivity index (χ1) is 20.8. The molecule has 0 aliphatic carbocycles. The smallest absolute Gasteiger partial charge is 0.0639 e. The van der Waals surface area contributed by atoms with E-state index in [0.717, 1.165) is 11.3 Å². The van der Waals surface area contributed by atoms with Crippen molar-refractivity contribution in [1.29, 1.82) is 0 Å². The van der Waals surface area contributed by atoms with Gasteiger partial charge in [0, 0.05) is 28.2 Å². The van der Waals surface area contributed by atoms with E-state index in [9.17, 15) is 0 Å². The van der Waals surface area contributed by atoms with Crippen molar-refractivity contribution in [2.45, 2.75) is 6.54 Å². The highest BCUT2D eigenvalue weighted by Crippen LogP contribution is 2.37. The normalized spacial score (nSPS) is 11.8. The molecule has 1 heterocycles. The zero-order valence-corrected chi connectivity index (χ0v) is 23.1. The summed E-state index contributed by atoms with van der Waals surface area (Å²) in [6.07, 6.45) is 2.03. The van der Waals surface area contributed by atoms with Crippen LogP contribution in [0.5, 0.6) is 0 Å². The Morgan fingerprint density at radius 1 is 0.524 bits per heavy atom. The van der Waals surface area contributed by atoms with Gasteiger partial charge in [0.15, 0.2) is 0 Å². The zero-order valence-electron chi connectivity index (χ0n) is 23.1. The predicted molar refractivity (Wildman–Crippen MR) is 179 cm³/mol. The van der Waals surface area contributed by atoms with Crippen molar-refractivity contribution < 1.29 is 0 Å². The fraction of sp³-hybridized carbons (Fsp3) is 0.0250. The third kappa shape index (κ3) is 4.17. The van der Waals surface area contributed by atoms with Crippen molar-refractivity contribution >= 4 is 49.6 Å². The van der Waals surface area contributed by atoms with Crippen LogP contribution in [0.4, 0.5) is 0 Å². The number of hydrogen-bond donors (Lipinski definition) is 0. The van der Waals surface area contributed by atoms with Crippen LogP contribution in [0, 0.1) is 0 Å². The minimum absolute atomic E-state index is 0.661. The highest BCUT2D eigenvalue weighted by Gasteiger charge is 2.15. The largest absolute Gasteiger partial charge is 0.309 e. The lowest BCUT2D eigenvalue weighted by Gasteiger charge is -2.12. The van der Waals surface area contributed by atoms with Crippen molar-refractivity contribution in [3.8, 4) is 16.8 Å². The summed E-state index contributed by atoms with van der Waals surface area (Å²) in [6.45, 7) is 0.661. The quantitative estimate of drug-likeness (QED) is 0.195. The summed E-state index contributed by atoms with van der Waals surface area (Å²) in [6, 6.07) is 54.4. The summed E-state index contributed by atoms with van der Waals surface area (Å²) in [4.78, 5) is 4.83. The molecule has 0 atom stereocenters. The molecule has 8 rings (SSSR count). The molecule has 0 unspecified atom stereocenters. The van der Waals surface area contributed by atoms with Gasteiger partial charge in [-0.15, -0.1) is 0 Å². The average molecular weight is 537 g/mol. The molecule has 7 aromatic carbocycles. The summed E-state index contributed by atoms with van der Waals surface area (Å²) in [5.74, 6) is 0. The Labute approximate surface area is 244 Å². The van der Waals surface area contributed by atoms with Gasteiger partial charge in [0.1, 0.15) is 0 Å². The molecule has 0 saturated carbocycles. The number of nitrogens with zero attached hydrogens (tertiary/aromatic N) is 2. The maximum absolute atomic E-state index is 4.83. The van der Waals surface area contributed by atoms with E-state index in [1.165, 1.54) is 60.0 Å². The fourth-order valence-corrected chi connectivity index (χ4v) is 6.26. The lowest BCUT2D eigenvalue weighted by atomic mass is 9.96. The molecular weight excluding hydrogens is 508 g/mol. The number of aliphatic imine (C=N–C) groups is 1. The zero-order chi connectivity index (χ0) is 27.9. The monoisotopic (exact) mass is 536 g/mol. The maximum Gasteiger partial charge on any atom is 0.0639 e. The Morgan fingerprint density at radius 2 is 1.19 bits per heavy atom. The van der Waals surface area contributed by atoms with Crippen LogP contribution in [0.1, 0.15) is 11.1 Å². The number of hydrogen-bond acceptors (Lipinski definition) is 1. The summed E-state index contributed by atoms with van der Waals surface area (Å²) in [7, 11) is 0. The first-order valence-corrected chi connectivity index (χ1v) is 14.4. The number of aromatic nitrogens is 1. The standard InChI is InChI=1S/C40H28N2/c1-2-10-28(11-3-1)26-41-27-33-24-31-13-4-5-14-32(31)25-37(33)30-18-21-34(22-19-30)42-38-17-9-8-16-36(38)40-35-15-7-6-12-29(35)20-23-39(40)42/h1-25,27H,26H2. The van der Waals surface area contributed by atoms with Gasteiger partial charge in [-0.2, -0.15) is 0 Å². The van der Waals surface area contributed by atoms with Crippen LogP contribution in [0.3, 0.4) is 0 Å². The third-order valence-corrected chi connectivity index (χ3v) is 8.26. The molecule has 2 heteroatoms. The molecule has 0 saturated heterocycles. The molecule has 198 valence electrons. The van der Waals surface area contributed by atoms with Gasteiger partial charge >= 0.3 is 0 Å². The topological polar surface area (TPSA) is 17.3 Å². The van der Waals surface area contributed by atoms with Crippen LogP contribution in [0.25, 0.3) is 60.2 Å². The Kier molecular flexibility index (Phi) is 5.89. The second-order valence-corrected chi connectivity index (χ2v) is 10.8. The highest BCUT2D eigenvalue weighted by molar-refractivity contribution is 6.21. The molecule has 8 aromatic rings. The van der Waals surface area contributed by atoms with Gasteiger partial charge in [0.05, 0.1) is 17.6 Å². The number of benzene rings is 7. The van der Waals surface area contributed by atoms with Crippen molar-refractivity contribution in [1.82, 2.24) is 4.57 Å². The van der Waals surface area contributed by atoms with Crippen LogP contribution in [0.2, 0.25) is 0 Å². The van der Waals surface area contributed by atoms with Gasteiger partial charge in [-0.1, -0.05) is 115 Å². The van der Waals surface area contributed by atoms with E-state index >= 15 is 0 Å². The molecule has 42 heavy (non-hydrogen) atoms. The fourth-order valence-electron chi connectivity index (χ4n) is 6.26. The minimum Gasteiger partial charge on any atom is -0.309 e.